The zero-order valence-corrected chi connectivity index (χ0v) is 11.2. The van der Waals surface area contributed by atoms with Gasteiger partial charge in [-0.25, -0.2) is 0 Å². The van der Waals surface area contributed by atoms with Gasteiger partial charge in [0.15, 0.2) is 0 Å². The molecular formula is C14H24N2. The van der Waals surface area contributed by atoms with Crippen molar-refractivity contribution >= 4 is 0 Å². The zero-order valence-electron chi connectivity index (χ0n) is 11.2. The van der Waals surface area contributed by atoms with Gasteiger partial charge >= 0.3 is 0 Å². The maximum Gasteiger partial charge on any atom is 0.0565 e. The van der Waals surface area contributed by atoms with Gasteiger partial charge in [0, 0.05) is 18.4 Å². The number of hydrogen-bond donors (Lipinski definition) is 1. The smallest absolute Gasteiger partial charge is 0.0565 e. The molecule has 16 heavy (non-hydrogen) atoms. The molecule has 2 heteroatoms. The minimum atomic E-state index is 0.187. The van der Waals surface area contributed by atoms with Gasteiger partial charge in [0.25, 0.3) is 0 Å². The van der Waals surface area contributed by atoms with Crippen LogP contribution in [0.3, 0.4) is 0 Å². The topological polar surface area (TPSA) is 29.3 Å². The van der Waals surface area contributed by atoms with Gasteiger partial charge in [-0.2, -0.15) is 0 Å². The third kappa shape index (κ3) is 2.49. The molecule has 0 aromatic rings. The highest BCUT2D eigenvalue weighted by Crippen LogP contribution is 2.35. The van der Waals surface area contributed by atoms with E-state index in [1.165, 1.54) is 11.3 Å². The predicted octanol–water partition coefficient (Wildman–Crippen LogP) is 3.39. The summed E-state index contributed by atoms with van der Waals surface area (Å²) >= 11 is 0. The lowest BCUT2D eigenvalue weighted by atomic mass is 9.83. The largest absolute Gasteiger partial charge is 0.403 e. The highest BCUT2D eigenvalue weighted by atomic mass is 15.1. The predicted molar refractivity (Wildman–Crippen MR) is 70.6 cm³/mol. The summed E-state index contributed by atoms with van der Waals surface area (Å²) in [5.74, 6) is 0. The van der Waals surface area contributed by atoms with Gasteiger partial charge in [-0.1, -0.05) is 33.8 Å². The lowest BCUT2D eigenvalue weighted by molar-refractivity contribution is 0.402. The van der Waals surface area contributed by atoms with E-state index in [4.69, 9.17) is 5.73 Å². The van der Waals surface area contributed by atoms with Crippen molar-refractivity contribution in [1.82, 2.24) is 4.90 Å². The van der Waals surface area contributed by atoms with Crippen LogP contribution in [0.1, 0.15) is 41.0 Å². The van der Waals surface area contributed by atoms with Crippen LogP contribution in [-0.2, 0) is 0 Å². The van der Waals surface area contributed by atoms with Crippen LogP contribution in [0.25, 0.3) is 0 Å². The highest BCUT2D eigenvalue weighted by molar-refractivity contribution is 5.40. The van der Waals surface area contributed by atoms with Crippen molar-refractivity contribution in [1.29, 1.82) is 0 Å². The highest BCUT2D eigenvalue weighted by Gasteiger charge is 2.23. The Bertz CT molecular complexity index is 340. The maximum atomic E-state index is 5.66. The molecule has 0 radical (unpaired) electrons. The molecule has 1 heterocycles. The lowest BCUT2D eigenvalue weighted by Gasteiger charge is -2.35. The van der Waals surface area contributed by atoms with Crippen LogP contribution >= 0.6 is 0 Å². The number of nitrogens with zero attached hydrogens (tertiary/aromatic N) is 1. The van der Waals surface area contributed by atoms with Crippen molar-refractivity contribution in [3.05, 3.63) is 35.3 Å². The van der Waals surface area contributed by atoms with Crippen LogP contribution in [-0.4, -0.2) is 11.4 Å². The minimum absolute atomic E-state index is 0.187. The fraction of sp³-hybridized carbons (Fsp3) is 0.571. The average Bonchev–Trinajstić information content (AvgIpc) is 2.19. The van der Waals surface area contributed by atoms with Gasteiger partial charge in [-0.3, -0.25) is 0 Å². The van der Waals surface area contributed by atoms with Crippen molar-refractivity contribution in [2.45, 2.75) is 41.0 Å². The van der Waals surface area contributed by atoms with Gasteiger partial charge in [0.1, 0.15) is 0 Å². The van der Waals surface area contributed by atoms with Crippen molar-refractivity contribution < 1.29 is 0 Å². The zero-order chi connectivity index (χ0) is 12.3. The molecule has 0 atom stereocenters. The van der Waals surface area contributed by atoms with Crippen LogP contribution in [0.15, 0.2) is 35.3 Å². The first-order valence-electron chi connectivity index (χ1n) is 6.00. The second-order valence-corrected chi connectivity index (χ2v) is 5.33. The minimum Gasteiger partial charge on any atom is -0.403 e. The van der Waals surface area contributed by atoms with Crippen LogP contribution in [0.4, 0.5) is 0 Å². The summed E-state index contributed by atoms with van der Waals surface area (Å²) in [5.41, 5.74) is 9.68. The Morgan fingerprint density at radius 3 is 2.38 bits per heavy atom. The van der Waals surface area contributed by atoms with Crippen LogP contribution < -0.4 is 5.73 Å². The second-order valence-electron chi connectivity index (χ2n) is 5.33. The Morgan fingerprint density at radius 2 is 1.94 bits per heavy atom. The molecule has 90 valence electrons. The normalized spacial score (nSPS) is 19.8. The van der Waals surface area contributed by atoms with Crippen LogP contribution in [0, 0.1) is 5.41 Å². The van der Waals surface area contributed by atoms with E-state index < -0.39 is 0 Å². The van der Waals surface area contributed by atoms with E-state index in [9.17, 15) is 0 Å². The van der Waals surface area contributed by atoms with Crippen molar-refractivity contribution in [2.75, 3.05) is 6.54 Å². The number of hydrogen-bond acceptors (Lipinski definition) is 2. The van der Waals surface area contributed by atoms with Gasteiger partial charge < -0.3 is 10.6 Å². The molecule has 0 amide bonds. The first-order valence-corrected chi connectivity index (χ1v) is 6.00. The van der Waals surface area contributed by atoms with E-state index in [1.807, 2.05) is 0 Å². The molecular weight excluding hydrogens is 196 g/mol. The molecule has 2 nitrogen and oxygen atoms in total. The molecule has 0 aromatic carbocycles. The summed E-state index contributed by atoms with van der Waals surface area (Å²) in [7, 11) is 0. The summed E-state index contributed by atoms with van der Waals surface area (Å²) in [6.45, 7) is 12.1. The molecule has 2 N–H and O–H groups in total. The molecule has 1 aliphatic rings. The fourth-order valence-corrected chi connectivity index (χ4v) is 2.18. The van der Waals surface area contributed by atoms with E-state index in [0.29, 0.717) is 0 Å². The molecule has 0 saturated carbocycles. The number of allylic oxidation sites excluding steroid dienone is 4. The van der Waals surface area contributed by atoms with E-state index in [1.54, 1.807) is 6.20 Å². The molecule has 0 aromatic heterocycles. The average molecular weight is 220 g/mol. The SMILES string of the molecule is CCCN1C(C)=C(C(C)(C)C)C=C/C1=C/N. The van der Waals surface area contributed by atoms with Crippen molar-refractivity contribution in [3.63, 3.8) is 0 Å². The number of nitrogens with two attached hydrogens (primary N) is 1. The summed E-state index contributed by atoms with van der Waals surface area (Å²) in [6, 6.07) is 0. The van der Waals surface area contributed by atoms with Crippen molar-refractivity contribution in [3.8, 4) is 0 Å². The third-order valence-electron chi connectivity index (χ3n) is 2.95. The summed E-state index contributed by atoms with van der Waals surface area (Å²) < 4.78 is 0. The molecule has 0 aliphatic carbocycles. The Balaban J connectivity index is 3.13. The molecule has 1 rings (SSSR count). The quantitative estimate of drug-likeness (QED) is 0.773. The van der Waals surface area contributed by atoms with Gasteiger partial charge in [0.2, 0.25) is 0 Å². The summed E-state index contributed by atoms with van der Waals surface area (Å²) in [4.78, 5) is 2.31. The molecule has 0 saturated heterocycles. The second kappa shape index (κ2) is 4.77. The fourth-order valence-electron chi connectivity index (χ4n) is 2.18. The molecule has 0 bridgehead atoms. The Labute approximate surface area is 99.5 Å². The Hall–Kier alpha value is -1.18. The standard InChI is InChI=1S/C14H24N2/c1-6-9-16-11(2)13(14(3,4)5)8-7-12(16)10-15/h7-8,10H,6,9,15H2,1-5H3/b12-10-. The van der Waals surface area contributed by atoms with E-state index in [-0.39, 0.29) is 5.41 Å². The first kappa shape index (κ1) is 12.9. The summed E-state index contributed by atoms with van der Waals surface area (Å²) in [5, 5.41) is 0. The molecule has 1 aliphatic heterocycles. The molecule has 0 unspecified atom stereocenters. The van der Waals surface area contributed by atoms with E-state index >= 15 is 0 Å². The van der Waals surface area contributed by atoms with Gasteiger partial charge in [0.05, 0.1) is 5.70 Å². The first-order chi connectivity index (χ1) is 7.41. The Kier molecular flexibility index (Phi) is 3.84. The van der Waals surface area contributed by atoms with Gasteiger partial charge in [-0.05, 0) is 30.4 Å². The number of rotatable bonds is 2. The van der Waals surface area contributed by atoms with Crippen molar-refractivity contribution in [2.24, 2.45) is 11.1 Å². The third-order valence-corrected chi connectivity index (χ3v) is 2.95. The Morgan fingerprint density at radius 1 is 1.31 bits per heavy atom. The van der Waals surface area contributed by atoms with Gasteiger partial charge in [-0.15, -0.1) is 0 Å². The van der Waals surface area contributed by atoms with Crippen LogP contribution in [0.2, 0.25) is 0 Å². The summed E-state index contributed by atoms with van der Waals surface area (Å²) in [6.07, 6.45) is 7.12. The lowest BCUT2D eigenvalue weighted by Crippen LogP contribution is -2.28. The monoisotopic (exact) mass is 220 g/mol. The molecule has 0 fully saturated rings. The van der Waals surface area contributed by atoms with Crippen LogP contribution in [0.5, 0.6) is 0 Å². The van der Waals surface area contributed by atoms with E-state index in [2.05, 4.69) is 51.7 Å². The molecule has 0 spiro atoms. The van der Waals surface area contributed by atoms with E-state index in [0.717, 1.165) is 18.7 Å². The maximum absolute atomic E-state index is 5.66.